The summed E-state index contributed by atoms with van der Waals surface area (Å²) in [4.78, 5) is 28.1. The van der Waals surface area contributed by atoms with Gasteiger partial charge in [-0.05, 0) is 41.5 Å². The largest absolute Gasteiger partial charge is 0.357 e. The minimum absolute atomic E-state index is 0.0140. The van der Waals surface area contributed by atoms with Crippen LogP contribution in [-0.4, -0.2) is 51.0 Å². The molecule has 3 aromatic carbocycles. The van der Waals surface area contributed by atoms with Gasteiger partial charge in [0, 0.05) is 30.1 Å². The Morgan fingerprint density at radius 2 is 1.70 bits per heavy atom. The minimum atomic E-state index is -3.99. The third-order valence-electron chi connectivity index (χ3n) is 5.65. The summed E-state index contributed by atoms with van der Waals surface area (Å²) in [5.74, 6) is -1.78. The van der Waals surface area contributed by atoms with Crippen molar-refractivity contribution in [2.45, 2.75) is 19.0 Å². The number of halogens is 3. The lowest BCUT2D eigenvalue weighted by Gasteiger charge is -2.33. The number of hydrogen-bond donors (Lipinski definition) is 1. The van der Waals surface area contributed by atoms with Crippen LogP contribution >= 0.6 is 23.2 Å². The first-order valence-corrected chi connectivity index (χ1v) is 13.8. The van der Waals surface area contributed by atoms with Crippen molar-refractivity contribution >= 4 is 50.7 Å². The highest BCUT2D eigenvalue weighted by Gasteiger charge is 2.33. The van der Waals surface area contributed by atoms with Crippen molar-refractivity contribution in [1.82, 2.24) is 10.2 Å². The lowest BCUT2D eigenvalue weighted by Crippen LogP contribution is -2.52. The van der Waals surface area contributed by atoms with E-state index < -0.39 is 40.2 Å². The van der Waals surface area contributed by atoms with Gasteiger partial charge in [-0.25, -0.2) is 12.8 Å². The first-order chi connectivity index (χ1) is 17.5. The Bertz CT molecular complexity index is 1370. The molecule has 0 aromatic heterocycles. The number of amides is 2. The second kappa shape index (κ2) is 12.4. The Hall–Kier alpha value is -3.14. The summed E-state index contributed by atoms with van der Waals surface area (Å²) in [6, 6.07) is 17.8. The molecule has 1 N–H and O–H groups in total. The maximum atomic E-state index is 13.9. The number of anilines is 1. The SMILES string of the molecule is CNC(=O)[C@H](Cc1ccccc1)N(Cc1ccc(Cl)cc1Cl)C(=O)CN(c1cccc(F)c1)S(C)(=O)=O. The van der Waals surface area contributed by atoms with Crippen LogP contribution in [0.5, 0.6) is 0 Å². The van der Waals surface area contributed by atoms with E-state index in [0.717, 1.165) is 22.2 Å². The molecule has 0 aliphatic carbocycles. The molecular formula is C26H26Cl2FN3O4S. The standard InChI is InChI=1S/C26H26Cl2FN3O4S/c1-30-26(34)24(13-18-7-4-3-5-8-18)31(16-19-11-12-20(27)14-23(19)28)25(33)17-32(37(2,35)36)22-10-6-9-21(29)15-22/h3-12,14-15,24H,13,16-17H2,1-2H3,(H,30,34)/t24-/m0/s1. The van der Waals surface area contributed by atoms with Gasteiger partial charge < -0.3 is 10.2 Å². The van der Waals surface area contributed by atoms with Gasteiger partial charge in [0.25, 0.3) is 0 Å². The van der Waals surface area contributed by atoms with Crippen LogP contribution in [0.2, 0.25) is 10.0 Å². The molecule has 3 rings (SSSR count). The van der Waals surface area contributed by atoms with Crippen LogP contribution in [0.25, 0.3) is 0 Å². The molecule has 0 saturated heterocycles. The summed E-state index contributed by atoms with van der Waals surface area (Å²) in [6.07, 6.45) is 1.09. The van der Waals surface area contributed by atoms with Gasteiger partial charge in [-0.15, -0.1) is 0 Å². The van der Waals surface area contributed by atoms with E-state index in [1.165, 1.54) is 36.2 Å². The highest BCUT2D eigenvalue weighted by molar-refractivity contribution is 7.92. The quantitative estimate of drug-likeness (QED) is 0.397. The first kappa shape index (κ1) is 28.4. The van der Waals surface area contributed by atoms with E-state index in [1.807, 2.05) is 30.3 Å². The summed E-state index contributed by atoms with van der Waals surface area (Å²) in [5.41, 5.74) is 1.29. The van der Waals surface area contributed by atoms with Crippen molar-refractivity contribution in [3.8, 4) is 0 Å². The fraction of sp³-hybridized carbons (Fsp3) is 0.231. The molecule has 0 heterocycles. The van der Waals surface area contributed by atoms with E-state index >= 15 is 0 Å². The highest BCUT2D eigenvalue weighted by Crippen LogP contribution is 2.25. The zero-order valence-electron chi connectivity index (χ0n) is 20.2. The molecule has 11 heteroatoms. The number of nitrogens with one attached hydrogen (secondary N) is 1. The van der Waals surface area contributed by atoms with Crippen molar-refractivity contribution < 1.29 is 22.4 Å². The Labute approximate surface area is 225 Å². The molecule has 37 heavy (non-hydrogen) atoms. The molecule has 0 aliphatic rings. The Morgan fingerprint density at radius 3 is 2.30 bits per heavy atom. The average Bonchev–Trinajstić information content (AvgIpc) is 2.85. The van der Waals surface area contributed by atoms with Gasteiger partial charge in [-0.3, -0.25) is 13.9 Å². The molecule has 7 nitrogen and oxygen atoms in total. The Balaban J connectivity index is 2.05. The molecule has 0 unspecified atom stereocenters. The van der Waals surface area contributed by atoms with Crippen LogP contribution in [-0.2, 0) is 32.6 Å². The van der Waals surface area contributed by atoms with Crippen LogP contribution < -0.4 is 9.62 Å². The van der Waals surface area contributed by atoms with E-state index in [2.05, 4.69) is 5.32 Å². The first-order valence-electron chi connectivity index (χ1n) is 11.2. The van der Waals surface area contributed by atoms with Crippen molar-refractivity contribution in [1.29, 1.82) is 0 Å². The summed E-state index contributed by atoms with van der Waals surface area (Å²) in [5, 5.41) is 3.26. The molecule has 0 saturated carbocycles. The number of sulfonamides is 1. The molecule has 0 radical (unpaired) electrons. The molecular weight excluding hydrogens is 540 g/mol. The third kappa shape index (κ3) is 7.67. The predicted octanol–water partition coefficient (Wildman–Crippen LogP) is 4.28. The zero-order valence-corrected chi connectivity index (χ0v) is 22.5. The third-order valence-corrected chi connectivity index (χ3v) is 7.38. The average molecular weight is 566 g/mol. The molecule has 0 aliphatic heterocycles. The van der Waals surface area contributed by atoms with Crippen LogP contribution in [0.1, 0.15) is 11.1 Å². The fourth-order valence-corrected chi connectivity index (χ4v) is 5.11. The van der Waals surface area contributed by atoms with Gasteiger partial charge >= 0.3 is 0 Å². The van der Waals surface area contributed by atoms with Crippen LogP contribution in [0.3, 0.4) is 0 Å². The molecule has 2 amide bonds. The number of rotatable bonds is 10. The normalized spacial score (nSPS) is 12.0. The smallest absolute Gasteiger partial charge is 0.244 e. The maximum Gasteiger partial charge on any atom is 0.244 e. The topological polar surface area (TPSA) is 86.8 Å². The second-order valence-electron chi connectivity index (χ2n) is 8.33. The van der Waals surface area contributed by atoms with Gasteiger partial charge in [0.1, 0.15) is 18.4 Å². The van der Waals surface area contributed by atoms with Crippen molar-refractivity contribution in [3.63, 3.8) is 0 Å². The number of carbonyl (C=O) groups excluding carboxylic acids is 2. The van der Waals surface area contributed by atoms with Gasteiger partial charge in [-0.1, -0.05) is 65.7 Å². The number of benzene rings is 3. The summed E-state index contributed by atoms with van der Waals surface area (Å²) < 4.78 is 39.9. The highest BCUT2D eigenvalue weighted by atomic mass is 35.5. The van der Waals surface area contributed by atoms with Gasteiger partial charge in [0.15, 0.2) is 0 Å². The van der Waals surface area contributed by atoms with Crippen molar-refractivity contribution in [2.24, 2.45) is 0 Å². The molecule has 0 bridgehead atoms. The van der Waals surface area contributed by atoms with E-state index in [9.17, 15) is 22.4 Å². The predicted molar refractivity (Wildman–Crippen MR) is 144 cm³/mol. The van der Waals surface area contributed by atoms with E-state index in [1.54, 1.807) is 12.1 Å². The van der Waals surface area contributed by atoms with Crippen molar-refractivity contribution in [2.75, 3.05) is 24.2 Å². The zero-order chi connectivity index (χ0) is 27.2. The molecule has 0 fully saturated rings. The molecule has 3 aromatic rings. The van der Waals surface area contributed by atoms with E-state index in [-0.39, 0.29) is 23.7 Å². The minimum Gasteiger partial charge on any atom is -0.357 e. The van der Waals surface area contributed by atoms with Crippen LogP contribution in [0.15, 0.2) is 72.8 Å². The van der Waals surface area contributed by atoms with Gasteiger partial charge in [0.2, 0.25) is 21.8 Å². The number of hydrogen-bond acceptors (Lipinski definition) is 4. The number of likely N-dealkylation sites (N-methyl/N-ethyl adjacent to an activating group) is 1. The lowest BCUT2D eigenvalue weighted by atomic mass is 10.0. The van der Waals surface area contributed by atoms with Gasteiger partial charge in [-0.2, -0.15) is 0 Å². The maximum absolute atomic E-state index is 13.9. The Morgan fingerprint density at radius 1 is 1.00 bits per heavy atom. The summed E-state index contributed by atoms with van der Waals surface area (Å²) >= 11 is 12.4. The number of carbonyl (C=O) groups is 2. The molecule has 0 spiro atoms. The second-order valence-corrected chi connectivity index (χ2v) is 11.1. The molecule has 1 atom stereocenters. The van der Waals surface area contributed by atoms with Crippen LogP contribution in [0, 0.1) is 5.82 Å². The van der Waals surface area contributed by atoms with E-state index in [4.69, 9.17) is 23.2 Å². The monoisotopic (exact) mass is 565 g/mol. The fourth-order valence-electron chi connectivity index (χ4n) is 3.80. The summed E-state index contributed by atoms with van der Waals surface area (Å²) in [6.45, 7) is -0.754. The van der Waals surface area contributed by atoms with Crippen LogP contribution in [0.4, 0.5) is 10.1 Å². The summed E-state index contributed by atoms with van der Waals surface area (Å²) in [7, 11) is -2.53. The molecule has 196 valence electrons. The number of nitrogens with zero attached hydrogens (tertiary/aromatic N) is 2. The van der Waals surface area contributed by atoms with Gasteiger partial charge in [0.05, 0.1) is 11.9 Å². The lowest BCUT2D eigenvalue weighted by molar-refractivity contribution is -0.139. The van der Waals surface area contributed by atoms with Crippen molar-refractivity contribution in [3.05, 3.63) is 99.8 Å². The Kier molecular flexibility index (Phi) is 9.53. The van der Waals surface area contributed by atoms with E-state index in [0.29, 0.717) is 10.6 Å².